The molecule has 2 heterocycles. The molecule has 6 heteroatoms. The molecule has 0 aliphatic rings. The minimum atomic E-state index is -0.167. The van der Waals surface area contributed by atoms with Gasteiger partial charge in [0.1, 0.15) is 17.4 Å². The largest absolute Gasteiger partial charge is 0.484 e. The van der Waals surface area contributed by atoms with Gasteiger partial charge >= 0.3 is 0 Å². The fourth-order valence-corrected chi connectivity index (χ4v) is 2.64. The number of rotatable bonds is 6. The lowest BCUT2D eigenvalue weighted by Gasteiger charge is -2.10. The van der Waals surface area contributed by atoms with Crippen LogP contribution in [0.1, 0.15) is 22.5 Å². The fourth-order valence-electron chi connectivity index (χ4n) is 2.64. The van der Waals surface area contributed by atoms with Gasteiger partial charge in [0.15, 0.2) is 6.61 Å². The number of imidazole rings is 1. The smallest absolute Gasteiger partial charge is 0.258 e. The van der Waals surface area contributed by atoms with Gasteiger partial charge in [-0.25, -0.2) is 9.97 Å². The molecule has 0 bridgehead atoms. The number of carbonyl (C=O) groups excluding carboxylic acids is 1. The molecule has 1 amide bonds. The Hall–Kier alpha value is -3.15. The van der Waals surface area contributed by atoms with Gasteiger partial charge in [-0.2, -0.15) is 0 Å². The van der Waals surface area contributed by atoms with Gasteiger partial charge in [0, 0.05) is 25.1 Å². The van der Waals surface area contributed by atoms with Crippen LogP contribution in [0.5, 0.6) is 5.75 Å². The number of aryl methyl sites for hydroxylation is 3. The highest BCUT2D eigenvalue weighted by molar-refractivity contribution is 5.77. The van der Waals surface area contributed by atoms with Crippen molar-refractivity contribution in [2.24, 2.45) is 0 Å². The molecule has 0 unspecified atom stereocenters. The van der Waals surface area contributed by atoms with Gasteiger partial charge in [0.25, 0.3) is 5.91 Å². The van der Waals surface area contributed by atoms with Crippen LogP contribution < -0.4 is 10.1 Å². The fraction of sp³-hybridized carbons (Fsp3) is 0.250. The number of hydrogen-bond donors (Lipinski definition) is 1. The monoisotopic (exact) mass is 350 g/mol. The van der Waals surface area contributed by atoms with E-state index in [0.29, 0.717) is 6.54 Å². The first-order chi connectivity index (χ1) is 12.5. The van der Waals surface area contributed by atoms with E-state index >= 15 is 0 Å². The van der Waals surface area contributed by atoms with Crippen LogP contribution in [0.2, 0.25) is 0 Å². The van der Waals surface area contributed by atoms with E-state index in [-0.39, 0.29) is 12.5 Å². The summed E-state index contributed by atoms with van der Waals surface area (Å²) in [6.07, 6.45) is 5.35. The van der Waals surface area contributed by atoms with Crippen molar-refractivity contribution in [3.63, 3.8) is 0 Å². The van der Waals surface area contributed by atoms with Crippen molar-refractivity contribution in [3.05, 3.63) is 71.4 Å². The molecular formula is C20H22N4O2. The second kappa shape index (κ2) is 7.82. The highest BCUT2D eigenvalue weighted by atomic mass is 16.5. The van der Waals surface area contributed by atoms with Crippen LogP contribution in [0.15, 0.2) is 48.9 Å². The maximum atomic E-state index is 12.0. The Labute approximate surface area is 152 Å². The molecule has 1 N–H and O–H groups in total. The highest BCUT2D eigenvalue weighted by Crippen LogP contribution is 2.18. The summed E-state index contributed by atoms with van der Waals surface area (Å²) in [4.78, 5) is 20.6. The summed E-state index contributed by atoms with van der Waals surface area (Å²) in [5.41, 5.74) is 3.11. The normalized spacial score (nSPS) is 10.6. The van der Waals surface area contributed by atoms with Crippen LogP contribution >= 0.6 is 0 Å². The topological polar surface area (TPSA) is 69.0 Å². The zero-order valence-electron chi connectivity index (χ0n) is 15.2. The Morgan fingerprint density at radius 1 is 1.15 bits per heavy atom. The van der Waals surface area contributed by atoms with Gasteiger partial charge in [-0.1, -0.05) is 23.8 Å². The SMILES string of the molecule is Cc1ccc(OCC(=O)NCc2ccc(-n3ccnc3C)nc2)c(C)c1. The Morgan fingerprint density at radius 2 is 2.00 bits per heavy atom. The molecule has 0 aliphatic carbocycles. The Kier molecular flexibility index (Phi) is 5.31. The molecule has 0 saturated heterocycles. The summed E-state index contributed by atoms with van der Waals surface area (Å²) in [6.45, 7) is 6.31. The summed E-state index contributed by atoms with van der Waals surface area (Å²) in [5, 5.41) is 2.84. The van der Waals surface area contributed by atoms with E-state index < -0.39 is 0 Å². The Bertz CT molecular complexity index is 900. The molecule has 2 aromatic heterocycles. The minimum Gasteiger partial charge on any atom is -0.484 e. The summed E-state index contributed by atoms with van der Waals surface area (Å²) in [7, 11) is 0. The van der Waals surface area contributed by atoms with E-state index in [1.807, 2.05) is 61.9 Å². The van der Waals surface area contributed by atoms with E-state index in [9.17, 15) is 4.79 Å². The first-order valence-electron chi connectivity index (χ1n) is 8.45. The van der Waals surface area contributed by atoms with Crippen molar-refractivity contribution < 1.29 is 9.53 Å². The summed E-state index contributed by atoms with van der Waals surface area (Å²) in [5.74, 6) is 2.24. The average molecular weight is 350 g/mol. The number of carbonyl (C=O) groups is 1. The van der Waals surface area contributed by atoms with Crippen LogP contribution in [0.4, 0.5) is 0 Å². The molecule has 0 atom stereocenters. The van der Waals surface area contributed by atoms with Crippen LogP contribution in [0, 0.1) is 20.8 Å². The van der Waals surface area contributed by atoms with Crippen molar-refractivity contribution in [1.29, 1.82) is 0 Å². The second-order valence-electron chi connectivity index (χ2n) is 6.20. The second-order valence-corrected chi connectivity index (χ2v) is 6.20. The zero-order valence-corrected chi connectivity index (χ0v) is 15.2. The molecule has 134 valence electrons. The predicted molar refractivity (Wildman–Crippen MR) is 99.4 cm³/mol. The Balaban J connectivity index is 1.50. The van der Waals surface area contributed by atoms with Gasteiger partial charge < -0.3 is 10.1 Å². The quantitative estimate of drug-likeness (QED) is 0.742. The molecule has 0 saturated carbocycles. The molecule has 1 aromatic carbocycles. The molecule has 0 radical (unpaired) electrons. The third-order valence-corrected chi connectivity index (χ3v) is 4.06. The van der Waals surface area contributed by atoms with Crippen molar-refractivity contribution in [2.75, 3.05) is 6.61 Å². The van der Waals surface area contributed by atoms with Gasteiger partial charge in [0.05, 0.1) is 0 Å². The van der Waals surface area contributed by atoms with Gasteiger partial charge in [-0.3, -0.25) is 9.36 Å². The average Bonchev–Trinajstić information content (AvgIpc) is 3.05. The third kappa shape index (κ3) is 4.27. The van der Waals surface area contributed by atoms with Crippen molar-refractivity contribution in [3.8, 4) is 11.6 Å². The molecule has 6 nitrogen and oxygen atoms in total. The van der Waals surface area contributed by atoms with Crippen LogP contribution in [-0.4, -0.2) is 27.0 Å². The van der Waals surface area contributed by atoms with Gasteiger partial charge in [-0.05, 0) is 44.0 Å². The molecule has 0 spiro atoms. The first-order valence-corrected chi connectivity index (χ1v) is 8.45. The molecule has 3 aromatic rings. The van der Waals surface area contributed by atoms with E-state index in [0.717, 1.165) is 28.5 Å². The maximum Gasteiger partial charge on any atom is 0.258 e. The highest BCUT2D eigenvalue weighted by Gasteiger charge is 2.06. The molecule has 0 aliphatic heterocycles. The number of nitrogens with one attached hydrogen (secondary N) is 1. The van der Waals surface area contributed by atoms with E-state index in [1.54, 1.807) is 12.4 Å². The van der Waals surface area contributed by atoms with Crippen LogP contribution in [0.25, 0.3) is 5.82 Å². The van der Waals surface area contributed by atoms with Crippen LogP contribution in [0.3, 0.4) is 0 Å². The number of nitrogens with zero attached hydrogens (tertiary/aromatic N) is 3. The number of amides is 1. The standard InChI is InChI=1S/C20H22N4O2/c1-14-4-6-18(15(2)10-14)26-13-20(25)23-12-17-5-7-19(22-11-17)24-9-8-21-16(24)3/h4-11H,12-13H2,1-3H3,(H,23,25). The van der Waals surface area contributed by atoms with Crippen LogP contribution in [-0.2, 0) is 11.3 Å². The van der Waals surface area contributed by atoms with Crippen molar-refractivity contribution >= 4 is 5.91 Å². The summed E-state index contributed by atoms with van der Waals surface area (Å²) >= 11 is 0. The first kappa shape index (κ1) is 17.7. The maximum absolute atomic E-state index is 12.0. The number of hydrogen-bond acceptors (Lipinski definition) is 4. The Morgan fingerprint density at radius 3 is 2.65 bits per heavy atom. The lowest BCUT2D eigenvalue weighted by molar-refractivity contribution is -0.123. The van der Waals surface area contributed by atoms with Gasteiger partial charge in [-0.15, -0.1) is 0 Å². The lowest BCUT2D eigenvalue weighted by Crippen LogP contribution is -2.28. The van der Waals surface area contributed by atoms with E-state index in [1.165, 1.54) is 5.56 Å². The number of pyridine rings is 1. The molecule has 26 heavy (non-hydrogen) atoms. The molecule has 3 rings (SSSR count). The lowest BCUT2D eigenvalue weighted by atomic mass is 10.1. The molecular weight excluding hydrogens is 328 g/mol. The third-order valence-electron chi connectivity index (χ3n) is 4.06. The number of benzene rings is 1. The minimum absolute atomic E-state index is 0.0103. The number of aromatic nitrogens is 3. The molecule has 0 fully saturated rings. The van der Waals surface area contributed by atoms with E-state index in [4.69, 9.17) is 4.74 Å². The summed E-state index contributed by atoms with van der Waals surface area (Å²) in [6, 6.07) is 9.73. The predicted octanol–water partition coefficient (Wildman–Crippen LogP) is 2.89. The van der Waals surface area contributed by atoms with Crippen molar-refractivity contribution in [1.82, 2.24) is 19.9 Å². The van der Waals surface area contributed by atoms with E-state index in [2.05, 4.69) is 15.3 Å². The summed E-state index contributed by atoms with van der Waals surface area (Å²) < 4.78 is 7.49. The van der Waals surface area contributed by atoms with Crippen molar-refractivity contribution in [2.45, 2.75) is 27.3 Å². The zero-order chi connectivity index (χ0) is 18.5. The van der Waals surface area contributed by atoms with Gasteiger partial charge in [0.2, 0.25) is 0 Å². The number of ether oxygens (including phenoxy) is 1.